The summed E-state index contributed by atoms with van der Waals surface area (Å²) in [6, 6.07) is 11.4. The summed E-state index contributed by atoms with van der Waals surface area (Å²) in [6.07, 6.45) is 0. The first-order chi connectivity index (χ1) is 12.4. The van der Waals surface area contributed by atoms with Crippen molar-refractivity contribution in [3.63, 3.8) is 0 Å². The summed E-state index contributed by atoms with van der Waals surface area (Å²) in [5.74, 6) is 0.341. The topological polar surface area (TPSA) is 67.4 Å². The van der Waals surface area contributed by atoms with E-state index in [1.54, 1.807) is 6.07 Å². The SMILES string of the molecule is Cc1ccc(OCC(=O)NCCNC(=O)c2ccc(C)c(C)c2)c(C)c1. The lowest BCUT2D eigenvalue weighted by Crippen LogP contribution is -2.36. The van der Waals surface area contributed by atoms with Crippen molar-refractivity contribution in [2.24, 2.45) is 0 Å². The van der Waals surface area contributed by atoms with E-state index in [0.717, 1.165) is 22.3 Å². The predicted octanol–water partition coefficient (Wildman–Crippen LogP) is 2.85. The van der Waals surface area contributed by atoms with Gasteiger partial charge in [0, 0.05) is 18.7 Å². The summed E-state index contributed by atoms with van der Waals surface area (Å²) in [4.78, 5) is 23.9. The van der Waals surface area contributed by atoms with E-state index < -0.39 is 0 Å². The molecule has 26 heavy (non-hydrogen) atoms. The highest BCUT2D eigenvalue weighted by atomic mass is 16.5. The van der Waals surface area contributed by atoms with Crippen LogP contribution in [0, 0.1) is 27.7 Å². The first-order valence-corrected chi connectivity index (χ1v) is 8.69. The van der Waals surface area contributed by atoms with Gasteiger partial charge < -0.3 is 15.4 Å². The monoisotopic (exact) mass is 354 g/mol. The predicted molar refractivity (Wildman–Crippen MR) is 103 cm³/mol. The molecular formula is C21H26N2O3. The van der Waals surface area contributed by atoms with Gasteiger partial charge in [-0.15, -0.1) is 0 Å². The fourth-order valence-corrected chi connectivity index (χ4v) is 2.52. The van der Waals surface area contributed by atoms with Crippen LogP contribution in [0.3, 0.4) is 0 Å². The van der Waals surface area contributed by atoms with Crippen LogP contribution in [0.4, 0.5) is 0 Å². The third kappa shape index (κ3) is 5.62. The van der Waals surface area contributed by atoms with E-state index in [1.807, 2.05) is 58.0 Å². The van der Waals surface area contributed by atoms with Gasteiger partial charge in [-0.05, 0) is 62.6 Å². The number of amides is 2. The zero-order valence-electron chi connectivity index (χ0n) is 15.8. The molecule has 0 aromatic heterocycles. The van der Waals surface area contributed by atoms with Gasteiger partial charge in [0.25, 0.3) is 11.8 Å². The average molecular weight is 354 g/mol. The molecule has 2 rings (SSSR count). The highest BCUT2D eigenvalue weighted by Crippen LogP contribution is 2.18. The molecule has 2 N–H and O–H groups in total. The van der Waals surface area contributed by atoms with Crippen LogP contribution in [0.1, 0.15) is 32.6 Å². The Morgan fingerprint density at radius 2 is 1.58 bits per heavy atom. The fourth-order valence-electron chi connectivity index (χ4n) is 2.52. The number of ether oxygens (including phenoxy) is 1. The smallest absolute Gasteiger partial charge is 0.258 e. The molecule has 5 heteroatoms. The summed E-state index contributed by atoms with van der Waals surface area (Å²) < 4.78 is 5.53. The molecule has 0 atom stereocenters. The quantitative estimate of drug-likeness (QED) is 0.752. The number of nitrogens with one attached hydrogen (secondary N) is 2. The number of hydrogen-bond acceptors (Lipinski definition) is 3. The lowest BCUT2D eigenvalue weighted by molar-refractivity contribution is -0.123. The zero-order valence-corrected chi connectivity index (χ0v) is 15.8. The second-order valence-electron chi connectivity index (χ2n) is 6.46. The first kappa shape index (κ1) is 19.5. The molecule has 0 fully saturated rings. The molecule has 2 amide bonds. The third-order valence-electron chi connectivity index (χ3n) is 4.19. The van der Waals surface area contributed by atoms with Crippen LogP contribution in [0.2, 0.25) is 0 Å². The summed E-state index contributed by atoms with van der Waals surface area (Å²) in [6.45, 7) is 8.61. The molecule has 138 valence electrons. The van der Waals surface area contributed by atoms with Gasteiger partial charge in [-0.2, -0.15) is 0 Å². The Morgan fingerprint density at radius 3 is 2.27 bits per heavy atom. The van der Waals surface area contributed by atoms with Crippen molar-refractivity contribution in [1.29, 1.82) is 0 Å². The van der Waals surface area contributed by atoms with Crippen LogP contribution in [0.15, 0.2) is 36.4 Å². The van der Waals surface area contributed by atoms with Crippen LogP contribution in [-0.4, -0.2) is 31.5 Å². The number of rotatable bonds is 7. The Labute approximate surface area is 154 Å². The van der Waals surface area contributed by atoms with Gasteiger partial charge in [-0.3, -0.25) is 9.59 Å². The largest absolute Gasteiger partial charge is 0.484 e. The number of benzene rings is 2. The van der Waals surface area contributed by atoms with E-state index in [2.05, 4.69) is 10.6 Å². The van der Waals surface area contributed by atoms with E-state index >= 15 is 0 Å². The maximum absolute atomic E-state index is 12.1. The molecule has 2 aromatic carbocycles. The summed E-state index contributed by atoms with van der Waals surface area (Å²) in [5, 5.41) is 5.53. The van der Waals surface area contributed by atoms with Crippen molar-refractivity contribution in [2.45, 2.75) is 27.7 Å². The maximum Gasteiger partial charge on any atom is 0.258 e. The Balaban J connectivity index is 1.69. The minimum Gasteiger partial charge on any atom is -0.484 e. The molecular weight excluding hydrogens is 328 g/mol. The van der Waals surface area contributed by atoms with Crippen LogP contribution in [0.25, 0.3) is 0 Å². The van der Waals surface area contributed by atoms with E-state index in [-0.39, 0.29) is 18.4 Å². The van der Waals surface area contributed by atoms with Crippen molar-refractivity contribution >= 4 is 11.8 Å². The van der Waals surface area contributed by atoms with Crippen LogP contribution >= 0.6 is 0 Å². The summed E-state index contributed by atoms with van der Waals surface area (Å²) >= 11 is 0. The number of aryl methyl sites for hydroxylation is 4. The molecule has 0 saturated carbocycles. The van der Waals surface area contributed by atoms with E-state index in [4.69, 9.17) is 4.74 Å². The molecule has 0 saturated heterocycles. The van der Waals surface area contributed by atoms with E-state index in [0.29, 0.717) is 24.4 Å². The molecule has 0 bridgehead atoms. The molecule has 0 radical (unpaired) electrons. The lowest BCUT2D eigenvalue weighted by Gasteiger charge is -2.11. The van der Waals surface area contributed by atoms with Crippen molar-refractivity contribution in [3.05, 3.63) is 64.2 Å². The van der Waals surface area contributed by atoms with Crippen LogP contribution < -0.4 is 15.4 Å². The fraction of sp³-hybridized carbons (Fsp3) is 0.333. The number of carbonyl (C=O) groups is 2. The average Bonchev–Trinajstić information content (AvgIpc) is 2.60. The summed E-state index contributed by atoms with van der Waals surface area (Å²) in [7, 11) is 0. The first-order valence-electron chi connectivity index (χ1n) is 8.69. The van der Waals surface area contributed by atoms with Gasteiger partial charge in [0.15, 0.2) is 6.61 Å². The van der Waals surface area contributed by atoms with Crippen LogP contribution in [0.5, 0.6) is 5.75 Å². The van der Waals surface area contributed by atoms with Crippen molar-refractivity contribution in [3.8, 4) is 5.75 Å². The van der Waals surface area contributed by atoms with Crippen LogP contribution in [-0.2, 0) is 4.79 Å². The van der Waals surface area contributed by atoms with E-state index in [1.165, 1.54) is 0 Å². The molecule has 0 aliphatic rings. The number of hydrogen-bond donors (Lipinski definition) is 2. The second-order valence-corrected chi connectivity index (χ2v) is 6.46. The maximum atomic E-state index is 12.1. The Hall–Kier alpha value is -2.82. The second kappa shape index (κ2) is 9.04. The minimum absolute atomic E-state index is 0.0466. The normalized spacial score (nSPS) is 10.3. The Kier molecular flexibility index (Phi) is 6.78. The lowest BCUT2D eigenvalue weighted by atomic mass is 10.1. The van der Waals surface area contributed by atoms with Gasteiger partial charge in [-0.1, -0.05) is 23.8 Å². The molecule has 0 aliphatic heterocycles. The highest BCUT2D eigenvalue weighted by molar-refractivity contribution is 5.94. The van der Waals surface area contributed by atoms with E-state index in [9.17, 15) is 9.59 Å². The zero-order chi connectivity index (χ0) is 19.1. The molecule has 0 aliphatic carbocycles. The molecule has 0 heterocycles. The van der Waals surface area contributed by atoms with Gasteiger partial charge in [-0.25, -0.2) is 0 Å². The Morgan fingerprint density at radius 1 is 0.846 bits per heavy atom. The van der Waals surface area contributed by atoms with Gasteiger partial charge in [0.1, 0.15) is 5.75 Å². The molecule has 0 spiro atoms. The van der Waals surface area contributed by atoms with Crippen molar-refractivity contribution in [1.82, 2.24) is 10.6 Å². The molecule has 2 aromatic rings. The third-order valence-corrected chi connectivity index (χ3v) is 4.19. The molecule has 0 unspecified atom stereocenters. The van der Waals surface area contributed by atoms with Gasteiger partial charge in [0.05, 0.1) is 0 Å². The standard InChI is InChI=1S/C21H26N2O3/c1-14-5-8-19(17(4)11-14)26-13-20(24)22-9-10-23-21(25)18-7-6-15(2)16(3)12-18/h5-8,11-12H,9-10,13H2,1-4H3,(H,22,24)(H,23,25). The van der Waals surface area contributed by atoms with Crippen molar-refractivity contribution in [2.75, 3.05) is 19.7 Å². The highest BCUT2D eigenvalue weighted by Gasteiger charge is 2.07. The summed E-state index contributed by atoms with van der Waals surface area (Å²) in [5.41, 5.74) is 5.00. The minimum atomic E-state index is -0.217. The Bertz CT molecular complexity index is 800. The van der Waals surface area contributed by atoms with Gasteiger partial charge in [0.2, 0.25) is 0 Å². The van der Waals surface area contributed by atoms with Gasteiger partial charge >= 0.3 is 0 Å². The van der Waals surface area contributed by atoms with Crippen molar-refractivity contribution < 1.29 is 14.3 Å². The molecule has 5 nitrogen and oxygen atoms in total. The number of carbonyl (C=O) groups excluding carboxylic acids is 2.